The Morgan fingerprint density at radius 2 is 0.750 bits per heavy atom. The number of rotatable bonds is 24. The molecule has 10 heteroatoms. The molecule has 0 radical (unpaired) electrons. The lowest BCUT2D eigenvalue weighted by Crippen LogP contribution is -2.14. The van der Waals surface area contributed by atoms with Gasteiger partial charge in [-0.3, -0.25) is 0 Å². The van der Waals surface area contributed by atoms with Gasteiger partial charge in [-0.05, 0) is 0 Å². The second kappa shape index (κ2) is 23.0. The van der Waals surface area contributed by atoms with E-state index < -0.39 is 0 Å². The number of hydrogen-bond acceptors (Lipinski definition) is 10. The summed E-state index contributed by atoms with van der Waals surface area (Å²) in [6.07, 6.45) is 11.3. The van der Waals surface area contributed by atoms with Gasteiger partial charge in [-0.1, -0.05) is 11.8 Å². The van der Waals surface area contributed by atoms with Crippen LogP contribution in [0.5, 0.6) is 11.5 Å². The summed E-state index contributed by atoms with van der Waals surface area (Å²) >= 11 is 0. The van der Waals surface area contributed by atoms with Crippen molar-refractivity contribution in [2.75, 3.05) is 106 Å². The summed E-state index contributed by atoms with van der Waals surface area (Å²) in [6.45, 7) is 5.36. The van der Waals surface area contributed by atoms with Crippen molar-refractivity contribution in [3.63, 3.8) is 0 Å². The molecule has 1 aromatic rings. The van der Waals surface area contributed by atoms with Gasteiger partial charge in [0.2, 0.25) is 0 Å². The van der Waals surface area contributed by atoms with E-state index in [2.05, 4.69) is 11.8 Å². The topological polar surface area (TPSA) is 114 Å². The first-order chi connectivity index (χ1) is 17.8. The summed E-state index contributed by atoms with van der Waals surface area (Å²) in [6, 6.07) is 3.35. The summed E-state index contributed by atoms with van der Waals surface area (Å²) in [4.78, 5) is 0. The molecule has 36 heavy (non-hydrogen) atoms. The third-order valence-corrected chi connectivity index (χ3v) is 4.32. The van der Waals surface area contributed by atoms with Crippen molar-refractivity contribution < 1.29 is 48.1 Å². The van der Waals surface area contributed by atoms with Crippen molar-refractivity contribution in [1.29, 1.82) is 0 Å². The van der Waals surface area contributed by atoms with E-state index in [4.69, 9.17) is 61.0 Å². The highest BCUT2D eigenvalue weighted by Gasteiger charge is 2.10. The first-order valence-corrected chi connectivity index (χ1v) is 11.8. The van der Waals surface area contributed by atoms with Crippen LogP contribution in [0.4, 0.5) is 0 Å². The van der Waals surface area contributed by atoms with Crippen LogP contribution in [-0.4, -0.2) is 116 Å². The zero-order chi connectivity index (χ0) is 26.1. The molecule has 10 nitrogen and oxygen atoms in total. The fraction of sp³-hybridized carbons (Fsp3) is 0.615. The number of aliphatic hydroxyl groups is 2. The maximum absolute atomic E-state index is 8.60. The van der Waals surface area contributed by atoms with Gasteiger partial charge in [-0.25, -0.2) is 0 Å². The second-order valence-electron chi connectivity index (χ2n) is 6.95. The zero-order valence-electron chi connectivity index (χ0n) is 20.8. The predicted octanol–water partition coefficient (Wildman–Crippen LogP) is 0.491. The summed E-state index contributed by atoms with van der Waals surface area (Å²) in [5.41, 5.74) is 1.04. The van der Waals surface area contributed by atoms with Gasteiger partial charge < -0.3 is 48.1 Å². The summed E-state index contributed by atoms with van der Waals surface area (Å²) < 4.78 is 43.3. The Hall–Kier alpha value is -2.38. The van der Waals surface area contributed by atoms with E-state index in [1.165, 1.54) is 0 Å². The average Bonchev–Trinajstić information content (AvgIpc) is 2.90. The Morgan fingerprint density at radius 1 is 0.472 bits per heavy atom. The van der Waals surface area contributed by atoms with E-state index in [1.54, 1.807) is 12.1 Å². The fourth-order valence-corrected chi connectivity index (χ4v) is 2.66. The maximum Gasteiger partial charge on any atom is 0.136 e. The first-order valence-electron chi connectivity index (χ1n) is 11.8. The minimum absolute atomic E-state index is 0.000137. The van der Waals surface area contributed by atoms with Crippen molar-refractivity contribution in [3.8, 4) is 36.2 Å². The molecule has 0 unspecified atom stereocenters. The highest BCUT2D eigenvalue weighted by molar-refractivity contribution is 5.57. The van der Waals surface area contributed by atoms with E-state index in [-0.39, 0.29) is 13.2 Å². The Morgan fingerprint density at radius 3 is 1.03 bits per heavy atom. The molecule has 1 rings (SSSR count). The minimum atomic E-state index is -0.000137. The molecule has 0 atom stereocenters. The Bertz CT molecular complexity index is 693. The molecular weight excluding hydrogens is 472 g/mol. The summed E-state index contributed by atoms with van der Waals surface area (Å²) in [7, 11) is 0. The molecule has 0 aromatic heterocycles. The third kappa shape index (κ3) is 15.6. The Labute approximate surface area is 213 Å². The molecule has 0 bridgehead atoms. The molecule has 0 spiro atoms. The Balaban J connectivity index is 2.25. The monoisotopic (exact) mass is 510 g/mol. The lowest BCUT2D eigenvalue weighted by atomic mass is 10.1. The molecule has 0 amide bonds. The van der Waals surface area contributed by atoms with Crippen molar-refractivity contribution >= 4 is 0 Å². The second-order valence-corrected chi connectivity index (χ2v) is 6.95. The SMILES string of the molecule is C#Cc1cc(OCCOCCOCCOCCO)c(C#C)cc1OCCOCCOCCOCCO. The van der Waals surface area contributed by atoms with Gasteiger partial charge in [0.05, 0.1) is 104 Å². The maximum atomic E-state index is 8.60. The van der Waals surface area contributed by atoms with Crippen molar-refractivity contribution in [1.82, 2.24) is 0 Å². The van der Waals surface area contributed by atoms with Gasteiger partial charge in [0.1, 0.15) is 24.7 Å². The normalized spacial score (nSPS) is 10.7. The highest BCUT2D eigenvalue weighted by Crippen LogP contribution is 2.28. The smallest absolute Gasteiger partial charge is 0.136 e. The van der Waals surface area contributed by atoms with Gasteiger partial charge in [-0.2, -0.15) is 0 Å². The zero-order valence-corrected chi connectivity index (χ0v) is 20.8. The van der Waals surface area contributed by atoms with Crippen LogP contribution >= 0.6 is 0 Å². The van der Waals surface area contributed by atoms with Gasteiger partial charge in [0, 0.05) is 12.1 Å². The third-order valence-electron chi connectivity index (χ3n) is 4.32. The van der Waals surface area contributed by atoms with Crippen LogP contribution < -0.4 is 9.47 Å². The summed E-state index contributed by atoms with van der Waals surface area (Å²) in [5, 5.41) is 17.2. The van der Waals surface area contributed by atoms with Crippen molar-refractivity contribution in [2.45, 2.75) is 0 Å². The number of aliphatic hydroxyl groups excluding tert-OH is 2. The van der Waals surface area contributed by atoms with Crippen LogP contribution in [0.3, 0.4) is 0 Å². The number of hydrogen-bond donors (Lipinski definition) is 2. The van der Waals surface area contributed by atoms with Crippen molar-refractivity contribution in [3.05, 3.63) is 23.3 Å². The number of benzene rings is 1. The van der Waals surface area contributed by atoms with E-state index in [0.29, 0.717) is 115 Å². The highest BCUT2D eigenvalue weighted by atomic mass is 16.6. The van der Waals surface area contributed by atoms with Gasteiger partial charge >= 0.3 is 0 Å². The van der Waals surface area contributed by atoms with Crippen LogP contribution in [0, 0.1) is 24.7 Å². The largest absolute Gasteiger partial charge is 0.490 e. The molecule has 2 N–H and O–H groups in total. The van der Waals surface area contributed by atoms with Crippen LogP contribution in [0.25, 0.3) is 0 Å². The van der Waals surface area contributed by atoms with Gasteiger partial charge in [-0.15, -0.1) is 12.8 Å². The fourth-order valence-electron chi connectivity index (χ4n) is 2.66. The van der Waals surface area contributed by atoms with E-state index in [9.17, 15) is 0 Å². The van der Waals surface area contributed by atoms with E-state index in [1.807, 2.05) is 0 Å². The van der Waals surface area contributed by atoms with Crippen LogP contribution in [-0.2, 0) is 28.4 Å². The quantitative estimate of drug-likeness (QED) is 0.150. The van der Waals surface area contributed by atoms with Gasteiger partial charge in [0.15, 0.2) is 0 Å². The van der Waals surface area contributed by atoms with Crippen LogP contribution in [0.2, 0.25) is 0 Å². The molecule has 0 saturated heterocycles. The van der Waals surface area contributed by atoms with E-state index >= 15 is 0 Å². The molecule has 202 valence electrons. The molecule has 0 fully saturated rings. The molecule has 0 heterocycles. The van der Waals surface area contributed by atoms with Crippen LogP contribution in [0.1, 0.15) is 11.1 Å². The average molecular weight is 511 g/mol. The standard InChI is InChI=1S/C26H38O10/c1-3-23-21-26(36-20-18-34-16-14-32-12-10-30-8-6-28)24(4-2)22-25(23)35-19-17-33-15-13-31-11-9-29-7-5-27/h1-2,21-22,27-28H,5-20H2. The molecular formula is C26H38O10. The Kier molecular flexibility index (Phi) is 20.3. The molecule has 1 aromatic carbocycles. The lowest BCUT2D eigenvalue weighted by molar-refractivity contribution is 0.00344. The number of ether oxygens (including phenoxy) is 8. The van der Waals surface area contributed by atoms with Crippen LogP contribution in [0.15, 0.2) is 12.1 Å². The first kappa shape index (κ1) is 31.6. The molecule has 0 aliphatic carbocycles. The minimum Gasteiger partial charge on any atom is -0.490 e. The summed E-state index contributed by atoms with van der Waals surface area (Å²) in [5.74, 6) is 6.14. The number of terminal acetylenes is 2. The van der Waals surface area contributed by atoms with Crippen molar-refractivity contribution in [2.24, 2.45) is 0 Å². The van der Waals surface area contributed by atoms with Gasteiger partial charge in [0.25, 0.3) is 0 Å². The molecule has 0 aliphatic rings. The lowest BCUT2D eigenvalue weighted by Gasteiger charge is -2.14. The molecule has 0 saturated carbocycles. The molecule has 0 aliphatic heterocycles. The van der Waals surface area contributed by atoms with E-state index in [0.717, 1.165) is 0 Å². The predicted molar refractivity (Wildman–Crippen MR) is 132 cm³/mol.